The molecule has 0 fully saturated rings. The normalized spacial score (nSPS) is 11.8. The molecule has 0 radical (unpaired) electrons. The third-order valence-electron chi connectivity index (χ3n) is 1.76. The molecule has 0 amide bonds. The average Bonchev–Trinajstić information content (AvgIpc) is 1.93. The van der Waals surface area contributed by atoms with Crippen molar-refractivity contribution in [2.24, 2.45) is 0 Å². The summed E-state index contributed by atoms with van der Waals surface area (Å²) in [4.78, 5) is 0. The van der Waals surface area contributed by atoms with E-state index in [1.54, 1.807) is 0 Å². The van der Waals surface area contributed by atoms with Crippen molar-refractivity contribution < 1.29 is 4.43 Å². The molecular weight excluding hydrogens is 220 g/mol. The summed E-state index contributed by atoms with van der Waals surface area (Å²) in [6, 6.07) is 2.18. The van der Waals surface area contributed by atoms with Gasteiger partial charge in [0, 0.05) is 0 Å². The van der Waals surface area contributed by atoms with E-state index in [2.05, 4.69) is 51.9 Å². The van der Waals surface area contributed by atoms with Crippen LogP contribution in [0.4, 0.5) is 0 Å². The summed E-state index contributed by atoms with van der Waals surface area (Å²) in [6.45, 7) is 17.2. The van der Waals surface area contributed by atoms with Gasteiger partial charge in [0.05, 0.1) is 6.07 Å². The summed E-state index contributed by atoms with van der Waals surface area (Å²) < 4.78 is 7.87. The Bertz CT molecular complexity index is 271. The predicted molar refractivity (Wildman–Crippen MR) is 69.2 cm³/mol. The molecule has 0 bridgehead atoms. The number of hydrogen-bond acceptors (Lipinski definition) is 3. The molecule has 0 saturated carbocycles. The Morgan fingerprint density at radius 3 is 2.00 bits per heavy atom. The van der Waals surface area contributed by atoms with Crippen LogP contribution in [0.2, 0.25) is 39.3 Å². The fourth-order valence-electron chi connectivity index (χ4n) is 1.18. The first-order chi connectivity index (χ1) is 6.58. The van der Waals surface area contributed by atoms with Crippen LogP contribution in [0.25, 0.3) is 0 Å². The Morgan fingerprint density at radius 1 is 1.27 bits per heavy atom. The maximum Gasteiger partial charge on any atom is 0.244 e. The van der Waals surface area contributed by atoms with Crippen molar-refractivity contribution in [3.8, 4) is 6.07 Å². The summed E-state index contributed by atoms with van der Waals surface area (Å²) in [5, 5.41) is 8.79. The molecule has 0 atom stereocenters. The second kappa shape index (κ2) is 4.86. The lowest BCUT2D eigenvalue weighted by Crippen LogP contribution is -2.47. The highest BCUT2D eigenvalue weighted by Gasteiger charge is 2.28. The molecule has 0 spiro atoms. The molecule has 5 heteroatoms. The Balaban J connectivity index is 4.67. The van der Waals surface area contributed by atoms with E-state index in [-0.39, 0.29) is 0 Å². The molecule has 0 aromatic heterocycles. The van der Waals surface area contributed by atoms with E-state index in [1.165, 1.54) is 0 Å². The molecule has 0 aliphatic carbocycles. The third kappa shape index (κ3) is 5.65. The minimum absolute atomic E-state index is 0.374. The number of nitrogens with zero attached hydrogens (tertiary/aromatic N) is 2. The fourth-order valence-corrected chi connectivity index (χ4v) is 3.43. The first-order valence-corrected chi connectivity index (χ1v) is 12.0. The average molecular weight is 242 g/mol. The van der Waals surface area contributed by atoms with E-state index in [1.807, 2.05) is 4.57 Å². The summed E-state index contributed by atoms with van der Waals surface area (Å²) in [5.74, 6) is 0.676. The van der Waals surface area contributed by atoms with Gasteiger partial charge in [-0.15, -0.1) is 0 Å². The van der Waals surface area contributed by atoms with Crippen LogP contribution in [-0.2, 0) is 4.43 Å². The summed E-state index contributed by atoms with van der Waals surface area (Å²) in [7, 11) is -3.18. The van der Waals surface area contributed by atoms with E-state index >= 15 is 0 Å². The predicted octanol–water partition coefficient (Wildman–Crippen LogP) is 2.97. The maximum atomic E-state index is 8.79. The van der Waals surface area contributed by atoms with Gasteiger partial charge in [-0.05, 0) is 26.2 Å². The lowest BCUT2D eigenvalue weighted by Gasteiger charge is -2.37. The molecule has 0 rings (SSSR count). The van der Waals surface area contributed by atoms with Crippen LogP contribution < -0.4 is 0 Å². The molecule has 0 aromatic carbocycles. The van der Waals surface area contributed by atoms with Gasteiger partial charge in [0.2, 0.25) is 8.32 Å². The Morgan fingerprint density at radius 2 is 1.73 bits per heavy atom. The van der Waals surface area contributed by atoms with Crippen molar-refractivity contribution in [3.63, 3.8) is 0 Å². The van der Waals surface area contributed by atoms with Crippen molar-refractivity contribution in [1.82, 2.24) is 4.57 Å². The van der Waals surface area contributed by atoms with E-state index in [0.29, 0.717) is 12.4 Å². The summed E-state index contributed by atoms with van der Waals surface area (Å²) >= 11 is 0. The third-order valence-corrected chi connectivity index (χ3v) is 4.64. The maximum absolute atomic E-state index is 8.79. The van der Waals surface area contributed by atoms with Crippen molar-refractivity contribution >= 4 is 16.6 Å². The van der Waals surface area contributed by atoms with E-state index in [9.17, 15) is 0 Å². The van der Waals surface area contributed by atoms with Crippen molar-refractivity contribution in [2.75, 3.05) is 6.54 Å². The van der Waals surface area contributed by atoms with Crippen LogP contribution in [0.1, 0.15) is 0 Å². The molecule has 0 aliphatic rings. The van der Waals surface area contributed by atoms with E-state index in [0.717, 1.165) is 0 Å². The largest absolute Gasteiger partial charge is 0.534 e. The van der Waals surface area contributed by atoms with Gasteiger partial charge in [0.1, 0.15) is 6.54 Å². The van der Waals surface area contributed by atoms with Gasteiger partial charge in [-0.3, -0.25) is 0 Å². The van der Waals surface area contributed by atoms with Gasteiger partial charge in [0.25, 0.3) is 0 Å². The smallest absolute Gasteiger partial charge is 0.244 e. The number of hydrogen-bond donors (Lipinski definition) is 0. The van der Waals surface area contributed by atoms with Crippen molar-refractivity contribution in [3.05, 3.63) is 12.5 Å². The fraction of sp³-hybridized carbons (Fsp3) is 0.700. The zero-order chi connectivity index (χ0) is 12.3. The Hall–Kier alpha value is -0.736. The molecule has 0 aliphatic heterocycles. The standard InChI is InChI=1S/C10H22N2OSi2/c1-10(13-15(5,6)7)12(9-8-11)14(2,3)4/h1,9H2,2-7H3. The molecule has 86 valence electrons. The van der Waals surface area contributed by atoms with E-state index < -0.39 is 16.6 Å². The molecule has 0 aromatic rings. The summed E-state index contributed by atoms with van der Waals surface area (Å²) in [6.07, 6.45) is 0. The molecule has 0 unspecified atom stereocenters. The summed E-state index contributed by atoms with van der Waals surface area (Å²) in [5.41, 5.74) is 0. The molecule has 0 N–H and O–H groups in total. The molecule has 3 nitrogen and oxygen atoms in total. The van der Waals surface area contributed by atoms with Crippen LogP contribution >= 0.6 is 0 Å². The van der Waals surface area contributed by atoms with Gasteiger partial charge in [0.15, 0.2) is 14.1 Å². The monoisotopic (exact) mass is 242 g/mol. The molecule has 0 heterocycles. The van der Waals surface area contributed by atoms with Gasteiger partial charge >= 0.3 is 0 Å². The van der Waals surface area contributed by atoms with Crippen LogP contribution in [0.5, 0.6) is 0 Å². The highest BCUT2D eigenvalue weighted by atomic mass is 28.4. The van der Waals surface area contributed by atoms with E-state index in [4.69, 9.17) is 9.69 Å². The highest BCUT2D eigenvalue weighted by Crippen LogP contribution is 2.19. The zero-order valence-electron chi connectivity index (χ0n) is 10.7. The topological polar surface area (TPSA) is 36.3 Å². The quantitative estimate of drug-likeness (QED) is 0.422. The first kappa shape index (κ1) is 14.3. The van der Waals surface area contributed by atoms with Crippen LogP contribution in [0.15, 0.2) is 12.5 Å². The van der Waals surface area contributed by atoms with Gasteiger partial charge in [-0.25, -0.2) is 0 Å². The second-order valence-corrected chi connectivity index (χ2v) is 14.8. The minimum atomic E-state index is -1.62. The zero-order valence-corrected chi connectivity index (χ0v) is 12.7. The lowest BCUT2D eigenvalue weighted by atomic mass is 10.7. The Labute approximate surface area is 95.6 Å². The van der Waals surface area contributed by atoms with Crippen molar-refractivity contribution in [1.29, 1.82) is 5.26 Å². The van der Waals surface area contributed by atoms with Crippen molar-refractivity contribution in [2.45, 2.75) is 39.3 Å². The van der Waals surface area contributed by atoms with Crippen LogP contribution in [0.3, 0.4) is 0 Å². The number of rotatable bonds is 5. The second-order valence-electron chi connectivity index (χ2n) is 5.52. The molecular formula is C10H22N2OSi2. The molecule has 15 heavy (non-hydrogen) atoms. The highest BCUT2D eigenvalue weighted by molar-refractivity contribution is 6.74. The van der Waals surface area contributed by atoms with Crippen LogP contribution in [0, 0.1) is 11.3 Å². The SMILES string of the molecule is C=C(O[Si](C)(C)C)N(CC#N)[Si](C)(C)C. The minimum Gasteiger partial charge on any atom is -0.534 e. The number of nitriles is 1. The van der Waals surface area contributed by atoms with Gasteiger partial charge < -0.3 is 8.99 Å². The molecule has 0 saturated heterocycles. The van der Waals surface area contributed by atoms with Gasteiger partial charge in [-0.2, -0.15) is 5.26 Å². The Kier molecular flexibility index (Phi) is 4.62. The lowest BCUT2D eigenvalue weighted by molar-refractivity contribution is 0.306. The van der Waals surface area contributed by atoms with Crippen LogP contribution in [-0.4, -0.2) is 27.7 Å². The first-order valence-electron chi connectivity index (χ1n) is 5.10. The van der Waals surface area contributed by atoms with Gasteiger partial charge in [-0.1, -0.05) is 19.6 Å².